The van der Waals surface area contributed by atoms with E-state index in [-0.39, 0.29) is 22.3 Å². The van der Waals surface area contributed by atoms with E-state index in [1.807, 2.05) is 58.0 Å². The minimum atomic E-state index is -0.589. The van der Waals surface area contributed by atoms with Crippen LogP contribution in [0.4, 0.5) is 0 Å². The van der Waals surface area contributed by atoms with Crippen molar-refractivity contribution in [1.29, 1.82) is 0 Å². The Kier molecular flexibility index (Phi) is 12.6. The van der Waals surface area contributed by atoms with Crippen molar-refractivity contribution in [3.05, 3.63) is 58.7 Å². The van der Waals surface area contributed by atoms with E-state index in [0.717, 1.165) is 79.4 Å². The molecule has 0 spiro atoms. The van der Waals surface area contributed by atoms with Gasteiger partial charge in [0.15, 0.2) is 5.12 Å². The molecule has 0 saturated heterocycles. The Balaban J connectivity index is 1.37. The number of hydrogen-bond acceptors (Lipinski definition) is 8. The molecule has 42 heavy (non-hydrogen) atoms. The van der Waals surface area contributed by atoms with Crippen molar-refractivity contribution in [2.75, 3.05) is 12.4 Å². The molecule has 0 aliphatic heterocycles. The lowest BCUT2D eigenvalue weighted by Gasteiger charge is -2.34. The van der Waals surface area contributed by atoms with Crippen molar-refractivity contribution in [1.82, 2.24) is 4.98 Å². The smallest absolute Gasteiger partial charge is 0.344 e. The summed E-state index contributed by atoms with van der Waals surface area (Å²) in [7, 11) is 0. The van der Waals surface area contributed by atoms with Gasteiger partial charge in [-0.1, -0.05) is 70.3 Å². The maximum atomic E-state index is 12.8. The molecule has 0 fully saturated rings. The van der Waals surface area contributed by atoms with Crippen LogP contribution in [-0.4, -0.2) is 34.0 Å². The van der Waals surface area contributed by atoms with E-state index in [1.54, 1.807) is 12.4 Å². The number of thioether (sulfide) groups is 1. The molecular weight excluding hydrogens is 546 g/mol. The van der Waals surface area contributed by atoms with Gasteiger partial charge in [0.25, 0.3) is 0 Å². The summed E-state index contributed by atoms with van der Waals surface area (Å²) in [5.41, 5.74) is 14.0. The van der Waals surface area contributed by atoms with Crippen LogP contribution in [0.15, 0.2) is 51.9 Å². The van der Waals surface area contributed by atoms with E-state index < -0.39 is 5.41 Å². The molecule has 0 aliphatic rings. The third kappa shape index (κ3) is 9.96. The van der Waals surface area contributed by atoms with Crippen LogP contribution in [0.2, 0.25) is 0 Å². The number of aryl methyl sites for hydroxylation is 1. The number of benzene rings is 1. The molecule has 230 valence electrons. The summed E-state index contributed by atoms with van der Waals surface area (Å²) < 4.78 is 11.7. The van der Waals surface area contributed by atoms with Crippen LogP contribution in [0.3, 0.4) is 0 Å². The number of carbonyl (C=O) groups excluding carboxylic acids is 1. The molecular formula is C34H49N3O4S. The van der Waals surface area contributed by atoms with Crippen molar-refractivity contribution in [2.24, 2.45) is 16.9 Å². The summed E-state index contributed by atoms with van der Waals surface area (Å²) in [6.45, 7) is 10.5. The monoisotopic (exact) mass is 595 g/mol. The third-order valence-electron chi connectivity index (χ3n) is 7.67. The second-order valence-corrected chi connectivity index (χ2v) is 13.6. The molecule has 1 unspecified atom stereocenters. The topological polar surface area (TPSA) is 121 Å². The fraction of sp³-hybridized carbons (Fsp3) is 0.559. The fourth-order valence-corrected chi connectivity index (χ4v) is 5.88. The van der Waals surface area contributed by atoms with Crippen LogP contribution in [0.5, 0.6) is 5.75 Å². The van der Waals surface area contributed by atoms with E-state index in [9.17, 15) is 9.59 Å². The van der Waals surface area contributed by atoms with E-state index in [0.29, 0.717) is 24.2 Å². The summed E-state index contributed by atoms with van der Waals surface area (Å²) in [6, 6.07) is 9.19. The van der Waals surface area contributed by atoms with Crippen LogP contribution < -0.4 is 21.8 Å². The molecule has 1 aromatic carbocycles. The Morgan fingerprint density at radius 3 is 2.40 bits per heavy atom. The minimum Gasteiger partial charge on any atom is -0.494 e. The number of rotatable bonds is 17. The summed E-state index contributed by atoms with van der Waals surface area (Å²) in [6.07, 6.45) is 12.3. The number of fused-ring (bicyclic) bond motifs is 1. The molecule has 2 heterocycles. The third-order valence-corrected chi connectivity index (χ3v) is 8.95. The Hall–Kier alpha value is -2.68. The van der Waals surface area contributed by atoms with Crippen molar-refractivity contribution < 1.29 is 13.9 Å². The standard InChI is InChI=1S/C34H49N3O4S/c1-6-7-13-25-22-37-23-26-20-28(31(38)41-30(25)26)24-14-16-27(17-15-24)40-18-11-9-8-10-12-19-42-32(39)34(4,5)29(35)21-33(2,3)36/h14-17,20,22-23,29H,6-13,18-19,21,35-36H2,1-5H3. The molecule has 4 N–H and O–H groups in total. The highest BCUT2D eigenvalue weighted by molar-refractivity contribution is 8.13. The van der Waals surface area contributed by atoms with Gasteiger partial charge in [0, 0.05) is 46.1 Å². The molecule has 0 amide bonds. The summed E-state index contributed by atoms with van der Waals surface area (Å²) in [5, 5.41) is 0.983. The molecule has 0 saturated carbocycles. The number of nitrogens with zero attached hydrogens (tertiary/aromatic N) is 1. The maximum absolute atomic E-state index is 12.8. The molecule has 3 rings (SSSR count). The first-order valence-corrected chi connectivity index (χ1v) is 16.3. The van der Waals surface area contributed by atoms with Crippen molar-refractivity contribution in [3.63, 3.8) is 0 Å². The highest BCUT2D eigenvalue weighted by Crippen LogP contribution is 2.31. The van der Waals surface area contributed by atoms with Crippen molar-refractivity contribution in [2.45, 2.75) is 104 Å². The summed E-state index contributed by atoms with van der Waals surface area (Å²) >= 11 is 1.39. The average molecular weight is 596 g/mol. The first-order chi connectivity index (χ1) is 19.9. The number of carbonyl (C=O) groups is 1. The lowest BCUT2D eigenvalue weighted by molar-refractivity contribution is -0.119. The molecule has 8 heteroatoms. The predicted molar refractivity (Wildman–Crippen MR) is 175 cm³/mol. The van der Waals surface area contributed by atoms with Gasteiger partial charge in [0.2, 0.25) is 0 Å². The van der Waals surface area contributed by atoms with E-state index >= 15 is 0 Å². The maximum Gasteiger partial charge on any atom is 0.344 e. The molecule has 0 aliphatic carbocycles. The quantitative estimate of drug-likeness (QED) is 0.156. The molecule has 1 atom stereocenters. The largest absolute Gasteiger partial charge is 0.494 e. The van der Waals surface area contributed by atoms with Gasteiger partial charge in [0.1, 0.15) is 11.3 Å². The Labute approximate surface area is 255 Å². The van der Waals surface area contributed by atoms with Gasteiger partial charge in [-0.3, -0.25) is 9.78 Å². The van der Waals surface area contributed by atoms with Gasteiger partial charge in [-0.25, -0.2) is 4.79 Å². The van der Waals surface area contributed by atoms with Crippen molar-refractivity contribution in [3.8, 4) is 16.9 Å². The second kappa shape index (κ2) is 15.7. The van der Waals surface area contributed by atoms with Crippen LogP contribution in [-0.2, 0) is 11.2 Å². The van der Waals surface area contributed by atoms with Crippen molar-refractivity contribution >= 4 is 27.8 Å². The van der Waals surface area contributed by atoms with Crippen LogP contribution >= 0.6 is 11.8 Å². The molecule has 3 aromatic rings. The number of hydrogen-bond donors (Lipinski definition) is 2. The number of pyridine rings is 1. The predicted octanol–water partition coefficient (Wildman–Crippen LogP) is 7.27. The number of nitrogens with two attached hydrogens (primary N) is 2. The van der Waals surface area contributed by atoms with E-state index in [2.05, 4.69) is 11.9 Å². The zero-order valence-corrected chi connectivity index (χ0v) is 26.9. The second-order valence-electron chi connectivity index (χ2n) is 12.6. The van der Waals surface area contributed by atoms with Gasteiger partial charge in [-0.2, -0.15) is 0 Å². The highest BCUT2D eigenvalue weighted by atomic mass is 32.2. The first-order valence-electron chi connectivity index (χ1n) is 15.3. The molecule has 0 bridgehead atoms. The van der Waals surface area contributed by atoms with Gasteiger partial charge in [-0.15, -0.1) is 0 Å². The number of unbranched alkanes of at least 4 members (excludes halogenated alkanes) is 5. The summed E-state index contributed by atoms with van der Waals surface area (Å²) in [5.74, 6) is 1.59. The molecule has 7 nitrogen and oxygen atoms in total. The highest BCUT2D eigenvalue weighted by Gasteiger charge is 2.36. The molecule has 2 aromatic heterocycles. The van der Waals surface area contributed by atoms with Crippen LogP contribution in [0.1, 0.15) is 91.5 Å². The van der Waals surface area contributed by atoms with Gasteiger partial charge in [-0.05, 0) is 69.7 Å². The lowest BCUT2D eigenvalue weighted by Crippen LogP contribution is -2.49. The zero-order valence-electron chi connectivity index (χ0n) is 26.0. The van der Waals surface area contributed by atoms with E-state index in [1.165, 1.54) is 11.8 Å². The average Bonchev–Trinajstić information content (AvgIpc) is 2.94. The Morgan fingerprint density at radius 1 is 1.02 bits per heavy atom. The van der Waals surface area contributed by atoms with Gasteiger partial charge < -0.3 is 20.6 Å². The lowest BCUT2D eigenvalue weighted by atomic mass is 9.80. The number of ether oxygens (including phenoxy) is 1. The Morgan fingerprint density at radius 2 is 1.71 bits per heavy atom. The number of aromatic nitrogens is 1. The van der Waals surface area contributed by atoms with Gasteiger partial charge in [0.05, 0.1) is 12.2 Å². The summed E-state index contributed by atoms with van der Waals surface area (Å²) in [4.78, 5) is 29.8. The zero-order chi connectivity index (χ0) is 30.8. The van der Waals surface area contributed by atoms with E-state index in [4.69, 9.17) is 20.6 Å². The van der Waals surface area contributed by atoms with Crippen LogP contribution in [0, 0.1) is 5.41 Å². The van der Waals surface area contributed by atoms with Crippen LogP contribution in [0.25, 0.3) is 22.1 Å². The fourth-order valence-electron chi connectivity index (χ4n) is 4.83. The normalized spacial score (nSPS) is 12.9. The molecule has 0 radical (unpaired) electrons. The SMILES string of the molecule is CCCCc1cncc2cc(-c3ccc(OCCCCCCCSC(=O)C(C)(C)C(N)CC(C)(C)N)cc3)c(=O)oc12. The minimum absolute atomic E-state index is 0.147. The first kappa shape index (κ1) is 33.8. The Bertz CT molecular complexity index is 1350. The van der Waals surface area contributed by atoms with Gasteiger partial charge >= 0.3 is 5.63 Å².